The molecule has 0 aromatic rings. The Bertz CT molecular complexity index is 123. The van der Waals surface area contributed by atoms with E-state index in [-0.39, 0.29) is 12.1 Å². The minimum absolute atomic E-state index is 0.0266. The zero-order valence-corrected chi connectivity index (χ0v) is 7.03. The van der Waals surface area contributed by atoms with E-state index in [9.17, 15) is 0 Å². The Morgan fingerprint density at radius 2 is 1.36 bits per heavy atom. The van der Waals surface area contributed by atoms with Gasteiger partial charge in [-0.25, -0.2) is 0 Å². The first kappa shape index (κ1) is 10.2. The molecule has 3 nitrogen and oxygen atoms in total. The molecule has 0 saturated carbocycles. The van der Waals surface area contributed by atoms with Crippen LogP contribution in [0.5, 0.6) is 0 Å². The van der Waals surface area contributed by atoms with E-state index in [0.29, 0.717) is 0 Å². The van der Waals surface area contributed by atoms with E-state index >= 15 is 0 Å². The van der Waals surface area contributed by atoms with Gasteiger partial charge in [0.1, 0.15) is 0 Å². The Morgan fingerprint density at radius 3 is 1.64 bits per heavy atom. The van der Waals surface area contributed by atoms with Crippen LogP contribution >= 0.6 is 0 Å². The summed E-state index contributed by atoms with van der Waals surface area (Å²) in [7, 11) is 0. The molecule has 0 bridgehead atoms. The van der Waals surface area contributed by atoms with Crippen molar-refractivity contribution in [3.63, 3.8) is 0 Å². The van der Waals surface area contributed by atoms with Crippen molar-refractivity contribution in [1.29, 1.82) is 0 Å². The van der Waals surface area contributed by atoms with Gasteiger partial charge in [-0.05, 0) is 26.0 Å². The van der Waals surface area contributed by atoms with Gasteiger partial charge >= 0.3 is 0 Å². The second kappa shape index (κ2) is 5.95. The molecule has 0 fully saturated rings. The van der Waals surface area contributed by atoms with Crippen LogP contribution in [0.4, 0.5) is 0 Å². The van der Waals surface area contributed by atoms with Gasteiger partial charge in [-0.3, -0.25) is 0 Å². The van der Waals surface area contributed by atoms with Crippen LogP contribution in [0.1, 0.15) is 13.8 Å². The maximum Gasteiger partial charge on any atom is 0.0876 e. The Morgan fingerprint density at radius 1 is 1.00 bits per heavy atom. The van der Waals surface area contributed by atoms with Gasteiger partial charge in [0.15, 0.2) is 0 Å². The predicted molar refractivity (Wildman–Crippen MR) is 46.7 cm³/mol. The summed E-state index contributed by atoms with van der Waals surface area (Å²) >= 11 is 0. The lowest BCUT2D eigenvalue weighted by atomic mass is 10.4. The summed E-state index contributed by atoms with van der Waals surface area (Å²) in [5.41, 5.74) is 10.8. The van der Waals surface area contributed by atoms with E-state index in [4.69, 9.17) is 16.2 Å². The molecule has 4 N–H and O–H groups in total. The van der Waals surface area contributed by atoms with Crippen molar-refractivity contribution in [2.24, 2.45) is 11.5 Å². The fourth-order valence-electron chi connectivity index (χ4n) is 0.384. The van der Waals surface area contributed by atoms with Crippen LogP contribution < -0.4 is 11.5 Å². The van der Waals surface area contributed by atoms with Crippen LogP contribution in [0.2, 0.25) is 0 Å². The maximum absolute atomic E-state index is 5.42. The Labute approximate surface area is 67.7 Å². The molecule has 0 aliphatic heterocycles. The van der Waals surface area contributed by atoms with Crippen molar-refractivity contribution in [1.82, 2.24) is 0 Å². The molecule has 3 heteroatoms. The van der Waals surface area contributed by atoms with Crippen LogP contribution in [0, 0.1) is 0 Å². The standard InChI is InChI=1S/C8H16N2O/c1-7(9)3-5-11-6-4-8(2)10/h3-8H,9-10H2,1-2H3/b5-3+,6-4+. The van der Waals surface area contributed by atoms with Crippen LogP contribution in [0.25, 0.3) is 0 Å². The lowest BCUT2D eigenvalue weighted by Gasteiger charge is -1.95. The lowest BCUT2D eigenvalue weighted by molar-refractivity contribution is 0.397. The summed E-state index contributed by atoms with van der Waals surface area (Å²) in [5.74, 6) is 0. The SMILES string of the molecule is CC(N)/C=C/O/C=C/C(C)N. The molecule has 2 unspecified atom stereocenters. The van der Waals surface area contributed by atoms with E-state index in [1.54, 1.807) is 24.7 Å². The van der Waals surface area contributed by atoms with Gasteiger partial charge in [0.25, 0.3) is 0 Å². The summed E-state index contributed by atoms with van der Waals surface area (Å²) in [6.07, 6.45) is 6.60. The molecule has 2 atom stereocenters. The molecular formula is C8H16N2O. The first-order valence-electron chi connectivity index (χ1n) is 3.63. The third kappa shape index (κ3) is 9.20. The van der Waals surface area contributed by atoms with Gasteiger partial charge in [-0.1, -0.05) is 0 Å². The number of nitrogens with two attached hydrogens (primary N) is 2. The van der Waals surface area contributed by atoms with Gasteiger partial charge in [0.2, 0.25) is 0 Å². The molecule has 11 heavy (non-hydrogen) atoms. The summed E-state index contributed by atoms with van der Waals surface area (Å²) in [6.45, 7) is 3.74. The normalized spacial score (nSPS) is 17.5. The highest BCUT2D eigenvalue weighted by molar-refractivity contribution is 4.87. The minimum atomic E-state index is 0.0266. The van der Waals surface area contributed by atoms with Crippen LogP contribution in [-0.4, -0.2) is 12.1 Å². The number of rotatable bonds is 4. The Kier molecular flexibility index (Phi) is 5.51. The predicted octanol–water partition coefficient (Wildman–Crippen LogP) is 0.725. The molecule has 0 aliphatic carbocycles. The van der Waals surface area contributed by atoms with E-state index in [2.05, 4.69) is 0 Å². The van der Waals surface area contributed by atoms with Crippen LogP contribution in [-0.2, 0) is 4.74 Å². The fourth-order valence-corrected chi connectivity index (χ4v) is 0.384. The average molecular weight is 156 g/mol. The van der Waals surface area contributed by atoms with E-state index in [1.165, 1.54) is 0 Å². The third-order valence-corrected chi connectivity index (χ3v) is 0.921. The lowest BCUT2D eigenvalue weighted by Crippen LogP contribution is -2.10. The topological polar surface area (TPSA) is 61.3 Å². The highest BCUT2D eigenvalue weighted by atomic mass is 16.5. The van der Waals surface area contributed by atoms with Crippen molar-refractivity contribution in [2.45, 2.75) is 25.9 Å². The highest BCUT2D eigenvalue weighted by Crippen LogP contribution is 1.85. The fraction of sp³-hybridized carbons (Fsp3) is 0.500. The quantitative estimate of drug-likeness (QED) is 0.590. The Hall–Kier alpha value is -0.800. The average Bonchev–Trinajstić information content (AvgIpc) is 1.85. The first-order valence-corrected chi connectivity index (χ1v) is 3.63. The van der Waals surface area contributed by atoms with Crippen molar-refractivity contribution < 1.29 is 4.74 Å². The van der Waals surface area contributed by atoms with Gasteiger partial charge < -0.3 is 16.2 Å². The molecule has 0 heterocycles. The zero-order valence-electron chi connectivity index (χ0n) is 7.03. The molecule has 0 aliphatic rings. The van der Waals surface area contributed by atoms with E-state index < -0.39 is 0 Å². The summed E-state index contributed by atoms with van der Waals surface area (Å²) in [4.78, 5) is 0. The molecule has 0 amide bonds. The third-order valence-electron chi connectivity index (χ3n) is 0.921. The number of hydrogen-bond acceptors (Lipinski definition) is 3. The Balaban J connectivity index is 3.41. The van der Waals surface area contributed by atoms with Crippen molar-refractivity contribution in [3.05, 3.63) is 24.7 Å². The molecule has 0 rings (SSSR count). The van der Waals surface area contributed by atoms with Gasteiger partial charge in [-0.2, -0.15) is 0 Å². The van der Waals surface area contributed by atoms with Crippen molar-refractivity contribution >= 4 is 0 Å². The van der Waals surface area contributed by atoms with Crippen LogP contribution in [0.3, 0.4) is 0 Å². The zero-order chi connectivity index (χ0) is 8.69. The molecule has 0 radical (unpaired) electrons. The van der Waals surface area contributed by atoms with E-state index in [1.807, 2.05) is 13.8 Å². The maximum atomic E-state index is 5.42. The van der Waals surface area contributed by atoms with Gasteiger partial charge in [0, 0.05) is 12.1 Å². The molecule has 0 saturated heterocycles. The summed E-state index contributed by atoms with van der Waals surface area (Å²) in [6, 6.07) is 0.0531. The van der Waals surface area contributed by atoms with E-state index in [0.717, 1.165) is 0 Å². The van der Waals surface area contributed by atoms with Gasteiger partial charge in [-0.15, -0.1) is 0 Å². The van der Waals surface area contributed by atoms with Crippen molar-refractivity contribution in [3.8, 4) is 0 Å². The smallest absolute Gasteiger partial charge is 0.0876 e. The summed E-state index contributed by atoms with van der Waals surface area (Å²) < 4.78 is 4.93. The number of ether oxygens (including phenoxy) is 1. The molecule has 64 valence electrons. The molecule has 0 aromatic heterocycles. The molecular weight excluding hydrogens is 140 g/mol. The molecule has 0 spiro atoms. The second-order valence-corrected chi connectivity index (χ2v) is 2.51. The minimum Gasteiger partial charge on any atom is -0.473 e. The monoisotopic (exact) mass is 156 g/mol. The van der Waals surface area contributed by atoms with Crippen LogP contribution in [0.15, 0.2) is 24.7 Å². The van der Waals surface area contributed by atoms with Gasteiger partial charge in [0.05, 0.1) is 12.5 Å². The second-order valence-electron chi connectivity index (χ2n) is 2.51. The first-order chi connectivity index (χ1) is 5.13. The largest absolute Gasteiger partial charge is 0.473 e. The van der Waals surface area contributed by atoms with Crippen molar-refractivity contribution in [2.75, 3.05) is 0 Å². The number of hydrogen-bond donors (Lipinski definition) is 2. The summed E-state index contributed by atoms with van der Waals surface area (Å²) in [5, 5.41) is 0. The molecule has 0 aromatic carbocycles. The highest BCUT2D eigenvalue weighted by Gasteiger charge is 1.82.